The maximum absolute atomic E-state index is 14.1. The van der Waals surface area contributed by atoms with Crippen molar-refractivity contribution in [1.29, 1.82) is 0 Å². The number of rotatable bonds is 3. The van der Waals surface area contributed by atoms with Crippen molar-refractivity contribution in [3.63, 3.8) is 0 Å². The molecule has 1 aromatic carbocycles. The topological polar surface area (TPSA) is 43.4 Å². The van der Waals surface area contributed by atoms with Gasteiger partial charge in [-0.25, -0.2) is 0 Å². The van der Waals surface area contributed by atoms with E-state index in [0.29, 0.717) is 35.4 Å². The normalized spacial score (nSPS) is 44.9. The van der Waals surface area contributed by atoms with Crippen LogP contribution >= 0.6 is 15.9 Å². The molecule has 0 radical (unpaired) electrons. The van der Waals surface area contributed by atoms with Gasteiger partial charge in [-0.05, 0) is 140 Å². The Morgan fingerprint density at radius 1 is 0.929 bits per heavy atom. The molecule has 4 heteroatoms. The van der Waals surface area contributed by atoms with Crippen LogP contribution in [0.4, 0.5) is 0 Å². The third-order valence-electron chi connectivity index (χ3n) is 14.5. The molecule has 5 aliphatic carbocycles. The zero-order valence-corrected chi connectivity index (χ0v) is 28.5. The predicted molar refractivity (Wildman–Crippen MR) is 173 cm³/mol. The molecule has 5 aliphatic rings. The molecule has 0 amide bonds. The number of ketones is 1. The lowest BCUT2D eigenvalue weighted by molar-refractivity contribution is -0.232. The molecule has 228 valence electrons. The van der Waals surface area contributed by atoms with Crippen LogP contribution in [0.1, 0.15) is 105 Å². The third-order valence-corrected chi connectivity index (χ3v) is 15.0. The summed E-state index contributed by atoms with van der Waals surface area (Å²) in [5, 5.41) is 0. The highest BCUT2D eigenvalue weighted by Gasteiger charge is 2.72. The molecule has 5 saturated carbocycles. The maximum Gasteiger partial charge on any atom is 0.312 e. The van der Waals surface area contributed by atoms with E-state index in [2.05, 4.69) is 94.4 Å². The lowest BCUT2D eigenvalue weighted by Gasteiger charge is -2.72. The number of fused-ring (bicyclic) bond motifs is 7. The molecule has 9 atom stereocenters. The van der Waals surface area contributed by atoms with Crippen LogP contribution in [0.25, 0.3) is 6.08 Å². The van der Waals surface area contributed by atoms with Gasteiger partial charge < -0.3 is 4.74 Å². The molecule has 1 aromatic rings. The van der Waals surface area contributed by atoms with Crippen LogP contribution in [0.2, 0.25) is 0 Å². The van der Waals surface area contributed by atoms with Crippen molar-refractivity contribution in [3.05, 3.63) is 52.0 Å². The van der Waals surface area contributed by atoms with E-state index in [9.17, 15) is 9.59 Å². The van der Waals surface area contributed by atoms with Gasteiger partial charge in [0.05, 0.1) is 12.5 Å². The largest absolute Gasteiger partial charge is 0.469 e. The summed E-state index contributed by atoms with van der Waals surface area (Å²) in [5.74, 6) is 2.50. The molecule has 0 spiro atoms. The monoisotopic (exact) mass is 634 g/mol. The van der Waals surface area contributed by atoms with Gasteiger partial charge in [0.2, 0.25) is 0 Å². The molecule has 0 saturated heterocycles. The lowest BCUT2D eigenvalue weighted by Crippen LogP contribution is -2.67. The van der Waals surface area contributed by atoms with Crippen LogP contribution in [-0.4, -0.2) is 18.9 Å². The fraction of sp³-hybridized carbons (Fsp3) is 0.684. The summed E-state index contributed by atoms with van der Waals surface area (Å²) in [6, 6.07) is 8.35. The van der Waals surface area contributed by atoms with E-state index < -0.39 is 0 Å². The number of carbonyl (C=O) groups excluding carboxylic acids is 2. The molecule has 6 rings (SSSR count). The van der Waals surface area contributed by atoms with Gasteiger partial charge in [-0.15, -0.1) is 0 Å². The Morgan fingerprint density at radius 3 is 2.26 bits per heavy atom. The summed E-state index contributed by atoms with van der Waals surface area (Å²) < 4.78 is 6.60. The Morgan fingerprint density at radius 2 is 1.62 bits per heavy atom. The summed E-state index contributed by atoms with van der Waals surface area (Å²) in [5.41, 5.74) is 2.98. The molecular weight excluding hydrogens is 584 g/mol. The summed E-state index contributed by atoms with van der Waals surface area (Å²) in [6.07, 6.45) is 11.7. The number of allylic oxidation sites excluding steroid dienone is 2. The Balaban J connectivity index is 1.41. The Hall–Kier alpha value is -1.68. The summed E-state index contributed by atoms with van der Waals surface area (Å²) in [6.45, 7) is 18.8. The number of methoxy groups -OCH3 is 1. The number of hydrogen-bond donors (Lipinski definition) is 0. The number of hydrogen-bond acceptors (Lipinski definition) is 3. The highest BCUT2D eigenvalue weighted by atomic mass is 79.9. The smallest absolute Gasteiger partial charge is 0.312 e. The SMILES string of the molecule is C=C(C)[C@@H]1CC[C@]2(C(=O)OC)CC[C@]3(C)[C@@H](CC[C@H]4[C@@]5(C)C/C(=C\c6ccc(Br)cc6)C(=O)C(C)(C)[C@@H]5CC[C@@]43C)[C@H]12. The van der Waals surface area contributed by atoms with Crippen LogP contribution < -0.4 is 0 Å². The van der Waals surface area contributed by atoms with E-state index in [4.69, 9.17) is 4.74 Å². The van der Waals surface area contributed by atoms with Gasteiger partial charge in [-0.3, -0.25) is 9.59 Å². The fourth-order valence-electron chi connectivity index (χ4n) is 12.4. The van der Waals surface area contributed by atoms with E-state index in [1.54, 1.807) is 7.11 Å². The van der Waals surface area contributed by atoms with Crippen molar-refractivity contribution in [1.82, 2.24) is 0 Å². The molecule has 3 nitrogen and oxygen atoms in total. The van der Waals surface area contributed by atoms with E-state index >= 15 is 0 Å². The number of halogens is 1. The van der Waals surface area contributed by atoms with Gasteiger partial charge in [-0.2, -0.15) is 0 Å². The van der Waals surface area contributed by atoms with E-state index in [0.717, 1.165) is 60.6 Å². The van der Waals surface area contributed by atoms with Gasteiger partial charge in [0.1, 0.15) is 0 Å². The summed E-state index contributed by atoms with van der Waals surface area (Å²) in [7, 11) is 1.59. The Kier molecular flexibility index (Phi) is 7.16. The first-order valence-electron chi connectivity index (χ1n) is 16.4. The zero-order valence-electron chi connectivity index (χ0n) is 26.9. The number of Topliss-reactive ketones (excluding diaryl/α,β-unsaturated/α-hetero) is 1. The summed E-state index contributed by atoms with van der Waals surface area (Å²) >= 11 is 3.56. The average Bonchev–Trinajstić information content (AvgIpc) is 3.34. The minimum Gasteiger partial charge on any atom is -0.469 e. The van der Waals surface area contributed by atoms with Gasteiger partial charge in [0.25, 0.3) is 0 Å². The number of benzene rings is 1. The number of esters is 1. The van der Waals surface area contributed by atoms with E-state index in [1.165, 1.54) is 18.4 Å². The van der Waals surface area contributed by atoms with Crippen molar-refractivity contribution >= 4 is 33.8 Å². The van der Waals surface area contributed by atoms with Crippen molar-refractivity contribution in [2.24, 2.45) is 56.7 Å². The van der Waals surface area contributed by atoms with Gasteiger partial charge in [0.15, 0.2) is 5.78 Å². The lowest BCUT2D eigenvalue weighted by atomic mass is 9.32. The number of ether oxygens (including phenoxy) is 1. The highest BCUT2D eigenvalue weighted by molar-refractivity contribution is 9.10. The molecule has 0 aliphatic heterocycles. The first-order valence-corrected chi connectivity index (χ1v) is 17.2. The second-order valence-electron chi connectivity index (χ2n) is 16.3. The maximum atomic E-state index is 14.1. The van der Waals surface area contributed by atoms with Crippen molar-refractivity contribution in [2.75, 3.05) is 7.11 Å². The molecule has 0 bridgehead atoms. The van der Waals surface area contributed by atoms with Crippen molar-refractivity contribution < 1.29 is 14.3 Å². The minimum absolute atomic E-state index is 0.0245. The predicted octanol–water partition coefficient (Wildman–Crippen LogP) is 9.84. The molecular formula is C38H51BrO3. The summed E-state index contributed by atoms with van der Waals surface area (Å²) in [4.78, 5) is 27.6. The molecule has 0 heterocycles. The minimum atomic E-state index is -0.379. The van der Waals surface area contributed by atoms with Gasteiger partial charge in [0, 0.05) is 9.89 Å². The molecule has 0 N–H and O–H groups in total. The van der Waals surface area contributed by atoms with Crippen LogP contribution in [0.15, 0.2) is 46.5 Å². The van der Waals surface area contributed by atoms with Gasteiger partial charge in [-0.1, -0.05) is 74.8 Å². The third kappa shape index (κ3) is 3.94. The standard InChI is InChI=1S/C38H51BrO3/c1-23(2)27-15-18-38(33(41)42-8)20-19-36(6)28(31(27)38)13-14-30-35(5)22-25(21-24-9-11-26(39)12-10-24)32(40)34(3,4)29(35)16-17-37(30,36)7/h9-12,21,27-31H,1,13-20,22H2,2-8H3/b25-21+/t27-,28-,29-,30-,31-,35-,36+,37-,38-/m0/s1. The van der Waals surface area contributed by atoms with E-state index in [-0.39, 0.29) is 33.0 Å². The zero-order chi connectivity index (χ0) is 30.5. The van der Waals surface area contributed by atoms with Crippen LogP contribution in [0.5, 0.6) is 0 Å². The first kappa shape index (κ1) is 30.4. The molecule has 0 unspecified atom stereocenters. The highest BCUT2D eigenvalue weighted by Crippen LogP contribution is 2.77. The Labute approximate surface area is 262 Å². The van der Waals surface area contributed by atoms with Crippen LogP contribution in [-0.2, 0) is 14.3 Å². The Bertz CT molecular complexity index is 1340. The molecule has 42 heavy (non-hydrogen) atoms. The van der Waals surface area contributed by atoms with Crippen molar-refractivity contribution in [3.8, 4) is 0 Å². The van der Waals surface area contributed by atoms with Crippen LogP contribution in [0.3, 0.4) is 0 Å². The second kappa shape index (κ2) is 9.91. The first-order chi connectivity index (χ1) is 19.7. The van der Waals surface area contributed by atoms with Gasteiger partial charge >= 0.3 is 5.97 Å². The molecule has 5 fully saturated rings. The fourth-order valence-corrected chi connectivity index (χ4v) is 12.7. The van der Waals surface area contributed by atoms with Crippen molar-refractivity contribution in [2.45, 2.75) is 99.3 Å². The van der Waals surface area contributed by atoms with Crippen LogP contribution in [0, 0.1) is 56.7 Å². The van der Waals surface area contributed by atoms with E-state index in [1.807, 2.05) is 0 Å². The quantitative estimate of drug-likeness (QED) is 0.189. The second-order valence-corrected chi connectivity index (χ2v) is 17.2. The average molecular weight is 636 g/mol. The molecule has 0 aromatic heterocycles. The number of carbonyl (C=O) groups is 2.